The van der Waals surface area contributed by atoms with E-state index in [1.165, 1.54) is 5.59 Å². The van der Waals surface area contributed by atoms with E-state index in [0.717, 1.165) is 0 Å². The minimum absolute atomic E-state index is 0.173. The molecule has 0 saturated carbocycles. The van der Waals surface area contributed by atoms with E-state index in [1.807, 2.05) is 0 Å². The van der Waals surface area contributed by atoms with E-state index in [2.05, 4.69) is 8.57 Å². The van der Waals surface area contributed by atoms with Gasteiger partial charge in [-0.25, -0.2) is 0 Å². The SMILES string of the molecule is O=S1(=O)ONN(c2cccc(C(F)(F)F)c2C(F)(F)F)O1. The van der Waals surface area contributed by atoms with Crippen molar-refractivity contribution in [1.82, 2.24) is 5.59 Å². The molecule has 1 aromatic rings. The van der Waals surface area contributed by atoms with Crippen molar-refractivity contribution in [2.75, 3.05) is 5.17 Å². The highest BCUT2D eigenvalue weighted by molar-refractivity contribution is 7.82. The minimum Gasteiger partial charge on any atom is -0.166 e. The molecule has 6 nitrogen and oxygen atoms in total. The molecule has 13 heteroatoms. The van der Waals surface area contributed by atoms with E-state index in [-0.39, 0.29) is 11.2 Å². The number of hydrogen-bond donors (Lipinski definition) is 1. The van der Waals surface area contributed by atoms with Crippen LogP contribution in [-0.2, 0) is 31.3 Å². The zero-order chi connectivity index (χ0) is 16.1. The molecule has 118 valence electrons. The molecular weight excluding hydrogens is 334 g/mol. The largest absolute Gasteiger partial charge is 0.440 e. The van der Waals surface area contributed by atoms with Gasteiger partial charge in [0.25, 0.3) is 0 Å². The van der Waals surface area contributed by atoms with E-state index in [0.29, 0.717) is 12.1 Å². The molecule has 1 saturated heterocycles. The van der Waals surface area contributed by atoms with Crippen LogP contribution < -0.4 is 10.8 Å². The number of benzene rings is 1. The first kappa shape index (κ1) is 15.8. The predicted molar refractivity (Wildman–Crippen MR) is 53.2 cm³/mol. The Bertz CT molecular complexity index is 656. The standard InChI is InChI=1S/C8H4F6N2O4S/c9-7(10,11)4-2-1-3-5(6(4)8(12,13)14)16-15-19-21(17,18)20-16/h1-3,15H. The van der Waals surface area contributed by atoms with Crippen LogP contribution in [0.2, 0.25) is 0 Å². The second-order valence-corrected chi connectivity index (χ2v) is 4.78. The number of alkyl halides is 6. The molecule has 1 aromatic carbocycles. The van der Waals surface area contributed by atoms with E-state index in [4.69, 9.17) is 0 Å². The van der Waals surface area contributed by atoms with Crippen molar-refractivity contribution in [2.45, 2.75) is 12.4 Å². The Morgan fingerprint density at radius 2 is 1.67 bits per heavy atom. The first-order valence-electron chi connectivity index (χ1n) is 4.88. The number of hydrazine groups is 1. The van der Waals surface area contributed by atoms with Crippen LogP contribution in [0.4, 0.5) is 32.0 Å². The zero-order valence-corrected chi connectivity index (χ0v) is 10.3. The van der Waals surface area contributed by atoms with E-state index in [1.54, 1.807) is 0 Å². The minimum atomic E-state index is -5.42. The Morgan fingerprint density at radius 1 is 1.05 bits per heavy atom. The smallest absolute Gasteiger partial charge is 0.166 e. The highest BCUT2D eigenvalue weighted by Crippen LogP contribution is 2.45. The lowest BCUT2D eigenvalue weighted by Gasteiger charge is -2.21. The average Bonchev–Trinajstić information content (AvgIpc) is 2.66. The fourth-order valence-corrected chi connectivity index (χ4v) is 2.02. The molecule has 0 atom stereocenters. The molecule has 0 aliphatic carbocycles. The van der Waals surface area contributed by atoms with Crippen LogP contribution in [0, 0.1) is 0 Å². The molecule has 0 radical (unpaired) electrons. The number of hydrogen-bond acceptors (Lipinski definition) is 6. The van der Waals surface area contributed by atoms with Gasteiger partial charge in [0, 0.05) is 0 Å². The molecule has 0 unspecified atom stereocenters. The van der Waals surface area contributed by atoms with Gasteiger partial charge in [-0.2, -0.15) is 34.8 Å². The summed E-state index contributed by atoms with van der Waals surface area (Å²) in [6.45, 7) is 0. The van der Waals surface area contributed by atoms with Gasteiger partial charge in [-0.05, 0) is 12.1 Å². The molecule has 1 aliphatic heterocycles. The predicted octanol–water partition coefficient (Wildman–Crippen LogP) is 2.16. The van der Waals surface area contributed by atoms with Crippen LogP contribution in [-0.4, -0.2) is 8.42 Å². The molecular formula is C8H4F6N2O4S. The second kappa shape index (κ2) is 4.72. The van der Waals surface area contributed by atoms with Gasteiger partial charge in [0.05, 0.1) is 16.8 Å². The Labute approximate surface area is 113 Å². The summed E-state index contributed by atoms with van der Waals surface area (Å²) in [5.41, 5.74) is -3.93. The van der Waals surface area contributed by atoms with Crippen molar-refractivity contribution in [3.05, 3.63) is 29.3 Å². The lowest BCUT2D eigenvalue weighted by Crippen LogP contribution is -2.32. The van der Waals surface area contributed by atoms with Gasteiger partial charge in [0.2, 0.25) is 0 Å². The van der Waals surface area contributed by atoms with E-state index in [9.17, 15) is 34.8 Å². The Kier molecular flexibility index (Phi) is 3.56. The Morgan fingerprint density at radius 3 is 2.10 bits per heavy atom. The molecule has 1 heterocycles. The summed E-state index contributed by atoms with van der Waals surface area (Å²) in [4.78, 5) is 0. The summed E-state index contributed by atoms with van der Waals surface area (Å²) in [7, 11) is -4.69. The summed E-state index contributed by atoms with van der Waals surface area (Å²) < 4.78 is 106. The third-order valence-corrected chi connectivity index (χ3v) is 2.85. The van der Waals surface area contributed by atoms with Crippen LogP contribution in [0.15, 0.2) is 18.2 Å². The molecule has 0 spiro atoms. The van der Waals surface area contributed by atoms with Gasteiger partial charge in [-0.3, -0.25) is 0 Å². The van der Waals surface area contributed by atoms with E-state index < -0.39 is 39.6 Å². The molecule has 1 aliphatic rings. The van der Waals surface area contributed by atoms with Crippen LogP contribution in [0.25, 0.3) is 0 Å². The van der Waals surface area contributed by atoms with Gasteiger partial charge in [0.1, 0.15) is 0 Å². The normalized spacial score (nSPS) is 19.0. The summed E-state index contributed by atoms with van der Waals surface area (Å²) in [5.74, 6) is 0. The number of halogens is 6. The molecule has 0 bridgehead atoms. The van der Waals surface area contributed by atoms with Crippen molar-refractivity contribution < 1.29 is 43.3 Å². The van der Waals surface area contributed by atoms with Crippen LogP contribution in [0.3, 0.4) is 0 Å². The molecule has 1 N–H and O–H groups in total. The van der Waals surface area contributed by atoms with Crippen molar-refractivity contribution in [2.24, 2.45) is 0 Å². The first-order valence-corrected chi connectivity index (χ1v) is 6.21. The third-order valence-electron chi connectivity index (χ3n) is 2.24. The monoisotopic (exact) mass is 338 g/mol. The Balaban J connectivity index is 2.62. The third kappa shape index (κ3) is 3.20. The van der Waals surface area contributed by atoms with Gasteiger partial charge >= 0.3 is 22.8 Å². The molecule has 21 heavy (non-hydrogen) atoms. The maximum atomic E-state index is 12.9. The fourth-order valence-electron chi connectivity index (χ4n) is 1.53. The van der Waals surface area contributed by atoms with Crippen molar-refractivity contribution in [1.29, 1.82) is 0 Å². The van der Waals surface area contributed by atoms with E-state index >= 15 is 0 Å². The van der Waals surface area contributed by atoms with Crippen LogP contribution in [0.1, 0.15) is 11.1 Å². The molecule has 0 amide bonds. The highest BCUT2D eigenvalue weighted by Gasteiger charge is 2.47. The highest BCUT2D eigenvalue weighted by atomic mass is 32.3. The lowest BCUT2D eigenvalue weighted by molar-refractivity contribution is -0.162. The molecule has 1 fully saturated rings. The van der Waals surface area contributed by atoms with Gasteiger partial charge in [0.15, 0.2) is 0 Å². The van der Waals surface area contributed by atoms with Crippen LogP contribution in [0.5, 0.6) is 0 Å². The van der Waals surface area contributed by atoms with Crippen molar-refractivity contribution >= 4 is 16.1 Å². The summed E-state index contributed by atoms with van der Waals surface area (Å²) >= 11 is 0. The number of nitrogens with zero attached hydrogens (tertiary/aromatic N) is 1. The topological polar surface area (TPSA) is 67.9 Å². The molecule has 2 rings (SSSR count). The fraction of sp³-hybridized carbons (Fsp3) is 0.250. The maximum absolute atomic E-state index is 12.9. The first-order chi connectivity index (χ1) is 9.42. The van der Waals surface area contributed by atoms with Gasteiger partial charge in [-0.1, -0.05) is 11.7 Å². The average molecular weight is 338 g/mol. The lowest BCUT2D eigenvalue weighted by atomic mass is 10.0. The summed E-state index contributed by atoms with van der Waals surface area (Å²) in [6.07, 6.45) is -10.7. The quantitative estimate of drug-likeness (QED) is 0.792. The number of rotatable bonds is 1. The zero-order valence-electron chi connectivity index (χ0n) is 9.49. The summed E-state index contributed by atoms with van der Waals surface area (Å²) in [6, 6.07) is 1.44. The number of anilines is 1. The second-order valence-electron chi connectivity index (χ2n) is 3.65. The van der Waals surface area contributed by atoms with Gasteiger partial charge < -0.3 is 0 Å². The van der Waals surface area contributed by atoms with Crippen LogP contribution >= 0.6 is 0 Å². The molecule has 0 aromatic heterocycles. The van der Waals surface area contributed by atoms with Crippen molar-refractivity contribution in [3.8, 4) is 0 Å². The van der Waals surface area contributed by atoms with Gasteiger partial charge in [-0.15, -0.1) is 13.7 Å². The Hall–Kier alpha value is -1.57. The maximum Gasteiger partial charge on any atom is 0.440 e. The summed E-state index contributed by atoms with van der Waals surface area (Å²) in [5, 5.41) is -0.173. The van der Waals surface area contributed by atoms with Crippen molar-refractivity contribution in [3.63, 3.8) is 0 Å². The number of nitrogens with one attached hydrogen (secondary N) is 1.